The van der Waals surface area contributed by atoms with Gasteiger partial charge < -0.3 is 0 Å². The van der Waals surface area contributed by atoms with Gasteiger partial charge >= 0.3 is 0 Å². The van der Waals surface area contributed by atoms with E-state index >= 15 is 0 Å². The Bertz CT molecular complexity index is 851. The van der Waals surface area contributed by atoms with Crippen LogP contribution in [0.5, 0.6) is 0 Å². The maximum absolute atomic E-state index is 13.5. The smallest absolute Gasteiger partial charge is 0.291 e. The van der Waals surface area contributed by atoms with Crippen LogP contribution >= 0.6 is 11.6 Å². The lowest BCUT2D eigenvalue weighted by Gasteiger charge is -2.07. The number of hydrogen-bond donors (Lipinski definition) is 2. The van der Waals surface area contributed by atoms with Gasteiger partial charge in [0, 0.05) is 0 Å². The van der Waals surface area contributed by atoms with Gasteiger partial charge in [-0.25, -0.2) is 9.07 Å². The van der Waals surface area contributed by atoms with E-state index in [2.05, 4.69) is 21.2 Å². The summed E-state index contributed by atoms with van der Waals surface area (Å²) >= 11 is 6.06. The molecule has 0 unspecified atom stereocenters. The summed E-state index contributed by atoms with van der Waals surface area (Å²) in [4.78, 5) is 12.0. The maximum atomic E-state index is 13.5. The molecule has 0 fully saturated rings. The Kier molecular flexibility index (Phi) is 4.20. The zero-order valence-electron chi connectivity index (χ0n) is 11.7. The topological polar surface area (TPSA) is 71.8 Å². The summed E-state index contributed by atoms with van der Waals surface area (Å²) in [5.41, 5.74) is 5.67. The molecular formula is C15H11ClFN5O. The van der Waals surface area contributed by atoms with Gasteiger partial charge in [-0.3, -0.25) is 15.6 Å². The number of benzene rings is 2. The van der Waals surface area contributed by atoms with Crippen LogP contribution in [-0.4, -0.2) is 20.9 Å². The summed E-state index contributed by atoms with van der Waals surface area (Å²) in [6.07, 6.45) is 1.43. The normalized spacial score (nSPS) is 10.3. The highest BCUT2D eigenvalue weighted by Crippen LogP contribution is 2.18. The highest BCUT2D eigenvalue weighted by atomic mass is 35.5. The fraction of sp³-hybridized carbons (Fsp3) is 0. The zero-order valence-corrected chi connectivity index (χ0v) is 12.5. The minimum atomic E-state index is -0.549. The second-order valence-electron chi connectivity index (χ2n) is 4.56. The predicted octanol–water partition coefficient (Wildman–Crippen LogP) is 2.82. The van der Waals surface area contributed by atoms with E-state index in [0.717, 1.165) is 0 Å². The molecule has 6 nitrogen and oxygen atoms in total. The lowest BCUT2D eigenvalue weighted by molar-refractivity contribution is 0.0957. The average Bonchev–Trinajstić information content (AvgIpc) is 3.04. The van der Waals surface area contributed by atoms with Crippen molar-refractivity contribution in [2.24, 2.45) is 0 Å². The summed E-state index contributed by atoms with van der Waals surface area (Å²) in [6, 6.07) is 13.0. The fourth-order valence-electron chi connectivity index (χ4n) is 1.87. The van der Waals surface area contributed by atoms with Gasteiger partial charge in [-0.2, -0.15) is 0 Å². The Hall–Kier alpha value is -2.93. The van der Waals surface area contributed by atoms with Gasteiger partial charge in [0.05, 0.1) is 22.6 Å². The first-order chi connectivity index (χ1) is 11.1. The lowest BCUT2D eigenvalue weighted by Crippen LogP contribution is -2.30. The van der Waals surface area contributed by atoms with Crippen molar-refractivity contribution in [2.75, 3.05) is 5.43 Å². The van der Waals surface area contributed by atoms with Crippen LogP contribution in [0.1, 0.15) is 10.5 Å². The van der Waals surface area contributed by atoms with Crippen LogP contribution < -0.4 is 10.9 Å². The lowest BCUT2D eigenvalue weighted by atomic mass is 10.3. The maximum Gasteiger partial charge on any atom is 0.291 e. The number of rotatable bonds is 4. The van der Waals surface area contributed by atoms with E-state index in [9.17, 15) is 9.18 Å². The number of nitrogens with zero attached hydrogens (tertiary/aromatic N) is 3. The monoisotopic (exact) mass is 331 g/mol. The number of hydrogen-bond acceptors (Lipinski definition) is 4. The van der Waals surface area contributed by atoms with Crippen LogP contribution in [0.4, 0.5) is 10.1 Å². The van der Waals surface area contributed by atoms with Crippen LogP contribution in [0.15, 0.2) is 54.7 Å². The number of carbonyl (C=O) groups excluding carboxylic acids is 1. The second-order valence-corrected chi connectivity index (χ2v) is 4.97. The highest BCUT2D eigenvalue weighted by Gasteiger charge is 2.13. The first kappa shape index (κ1) is 15.0. The van der Waals surface area contributed by atoms with Crippen molar-refractivity contribution in [3.8, 4) is 5.69 Å². The summed E-state index contributed by atoms with van der Waals surface area (Å²) in [5.74, 6) is -1.03. The largest absolute Gasteiger partial charge is 0.295 e. The summed E-state index contributed by atoms with van der Waals surface area (Å²) in [6.45, 7) is 0. The van der Waals surface area contributed by atoms with Crippen molar-refractivity contribution in [1.82, 2.24) is 20.4 Å². The van der Waals surface area contributed by atoms with Gasteiger partial charge in [0.1, 0.15) is 5.82 Å². The first-order valence-corrected chi connectivity index (χ1v) is 7.01. The van der Waals surface area contributed by atoms with Crippen molar-refractivity contribution >= 4 is 23.2 Å². The van der Waals surface area contributed by atoms with Crippen molar-refractivity contribution < 1.29 is 9.18 Å². The number of amides is 1. The average molecular weight is 332 g/mol. The number of nitrogens with one attached hydrogen (secondary N) is 2. The number of para-hydroxylation sites is 2. The van der Waals surface area contributed by atoms with Crippen molar-refractivity contribution in [3.63, 3.8) is 0 Å². The first-order valence-electron chi connectivity index (χ1n) is 6.63. The Morgan fingerprint density at radius 2 is 1.87 bits per heavy atom. The molecule has 0 aliphatic heterocycles. The summed E-state index contributed by atoms with van der Waals surface area (Å²) in [5, 5.41) is 8.12. The Balaban J connectivity index is 1.72. The molecule has 1 aromatic heterocycles. The Morgan fingerprint density at radius 1 is 1.13 bits per heavy atom. The van der Waals surface area contributed by atoms with Gasteiger partial charge in [0.15, 0.2) is 5.69 Å². The summed E-state index contributed by atoms with van der Waals surface area (Å²) in [7, 11) is 0. The van der Waals surface area contributed by atoms with Crippen LogP contribution in [0.2, 0.25) is 5.02 Å². The van der Waals surface area contributed by atoms with Gasteiger partial charge in [-0.1, -0.05) is 41.1 Å². The van der Waals surface area contributed by atoms with Crippen molar-refractivity contribution in [2.45, 2.75) is 0 Å². The molecule has 0 aliphatic carbocycles. The SMILES string of the molecule is O=C(NNc1ccccc1F)c1cn(-c2ccccc2Cl)nn1. The Labute approximate surface area is 135 Å². The molecule has 3 rings (SSSR count). The molecule has 8 heteroatoms. The third-order valence-corrected chi connectivity index (χ3v) is 3.33. The quantitative estimate of drug-likeness (QED) is 0.721. The Morgan fingerprint density at radius 3 is 2.65 bits per heavy atom. The van der Waals surface area contributed by atoms with Crippen molar-refractivity contribution in [1.29, 1.82) is 0 Å². The highest BCUT2D eigenvalue weighted by molar-refractivity contribution is 6.32. The minimum absolute atomic E-state index is 0.0637. The molecule has 116 valence electrons. The molecule has 0 atom stereocenters. The van der Waals surface area contributed by atoms with E-state index < -0.39 is 11.7 Å². The van der Waals surface area contributed by atoms with E-state index in [-0.39, 0.29) is 11.4 Å². The molecule has 0 saturated heterocycles. The van der Waals surface area contributed by atoms with Crippen LogP contribution in [0, 0.1) is 5.82 Å². The van der Waals surface area contributed by atoms with Crippen LogP contribution in [0.25, 0.3) is 5.69 Å². The number of aromatic nitrogens is 3. The standard InChI is InChI=1S/C15H11ClFN5O/c16-10-5-1-4-8-14(10)22-9-13(19-21-22)15(23)20-18-12-7-3-2-6-11(12)17/h1-9,18H,(H,20,23). The van der Waals surface area contributed by atoms with Crippen molar-refractivity contribution in [3.05, 3.63) is 71.3 Å². The molecule has 2 N–H and O–H groups in total. The van der Waals surface area contributed by atoms with E-state index in [1.807, 2.05) is 0 Å². The molecule has 23 heavy (non-hydrogen) atoms. The number of anilines is 1. The van der Waals surface area contributed by atoms with Crippen LogP contribution in [-0.2, 0) is 0 Å². The molecular weight excluding hydrogens is 321 g/mol. The van der Waals surface area contributed by atoms with Gasteiger partial charge in [-0.15, -0.1) is 5.10 Å². The minimum Gasteiger partial charge on any atom is -0.295 e. The van der Waals surface area contributed by atoms with E-state index in [0.29, 0.717) is 10.7 Å². The molecule has 0 aliphatic rings. The third-order valence-electron chi connectivity index (χ3n) is 3.01. The fourth-order valence-corrected chi connectivity index (χ4v) is 2.10. The molecule has 0 saturated carbocycles. The predicted molar refractivity (Wildman–Crippen MR) is 83.9 cm³/mol. The molecule has 1 amide bonds. The van der Waals surface area contributed by atoms with Gasteiger partial charge in [0.25, 0.3) is 5.91 Å². The van der Waals surface area contributed by atoms with Gasteiger partial charge in [-0.05, 0) is 24.3 Å². The number of hydrazine groups is 1. The molecule has 0 radical (unpaired) electrons. The molecule has 1 heterocycles. The van der Waals surface area contributed by atoms with Crippen LogP contribution in [0.3, 0.4) is 0 Å². The number of carbonyl (C=O) groups is 1. The molecule has 3 aromatic rings. The van der Waals surface area contributed by atoms with Gasteiger partial charge in [0.2, 0.25) is 0 Å². The van der Waals surface area contributed by atoms with E-state index in [4.69, 9.17) is 11.6 Å². The summed E-state index contributed by atoms with van der Waals surface area (Å²) < 4.78 is 14.8. The molecule has 0 spiro atoms. The van der Waals surface area contributed by atoms with E-state index in [1.54, 1.807) is 36.4 Å². The zero-order chi connectivity index (χ0) is 16.2. The second kappa shape index (κ2) is 6.45. The molecule has 2 aromatic carbocycles. The number of halogens is 2. The third kappa shape index (κ3) is 3.29. The molecule has 0 bridgehead atoms. The van der Waals surface area contributed by atoms with E-state index in [1.165, 1.54) is 23.0 Å².